The first-order valence-corrected chi connectivity index (χ1v) is 6.68. The molecule has 0 aliphatic heterocycles. The van der Waals surface area contributed by atoms with E-state index < -0.39 is 10.0 Å². The van der Waals surface area contributed by atoms with Gasteiger partial charge in [-0.1, -0.05) is 24.3 Å². The molecule has 0 bridgehead atoms. The van der Waals surface area contributed by atoms with Crippen LogP contribution in [-0.4, -0.2) is 22.5 Å². The molecule has 2 aromatic rings. The molecule has 0 amide bonds. The van der Waals surface area contributed by atoms with Crippen molar-refractivity contribution in [3.8, 4) is 0 Å². The molecule has 0 fully saturated rings. The average molecular weight is 323 g/mol. The highest BCUT2D eigenvalue weighted by atomic mass is 35.5. The average Bonchev–Trinajstić information content (AvgIpc) is 2.26. The summed E-state index contributed by atoms with van der Waals surface area (Å²) in [5.74, 6) is 0. The van der Waals surface area contributed by atoms with Gasteiger partial charge in [0.1, 0.15) is 0 Å². The molecule has 2 aromatic carbocycles. The second-order valence-electron chi connectivity index (χ2n) is 4.07. The Morgan fingerprint density at radius 1 is 0.947 bits per heavy atom. The van der Waals surface area contributed by atoms with Gasteiger partial charge in [0, 0.05) is 30.6 Å². The zero-order valence-corrected chi connectivity index (χ0v) is 13.0. The van der Waals surface area contributed by atoms with Crippen molar-refractivity contribution in [1.82, 2.24) is 0 Å². The molecule has 4 nitrogen and oxygen atoms in total. The van der Waals surface area contributed by atoms with Gasteiger partial charge in [0.15, 0.2) is 0 Å². The summed E-state index contributed by atoms with van der Waals surface area (Å²) < 4.78 is 23.0. The molecule has 0 unspecified atom stereocenters. The van der Waals surface area contributed by atoms with E-state index in [1.54, 1.807) is 12.1 Å². The number of hydrogen-bond donors (Lipinski definition) is 1. The van der Waals surface area contributed by atoms with E-state index in [0.717, 1.165) is 11.1 Å². The monoisotopic (exact) mass is 322 g/mol. The minimum atomic E-state index is -3.69. The van der Waals surface area contributed by atoms with E-state index in [4.69, 9.17) is 5.14 Å². The van der Waals surface area contributed by atoms with Crippen molar-refractivity contribution in [2.45, 2.75) is 4.90 Å². The van der Waals surface area contributed by atoms with Crippen molar-refractivity contribution in [2.75, 3.05) is 19.0 Å². The Balaban J connectivity index is 0.00000162. The fourth-order valence-electron chi connectivity index (χ4n) is 1.90. The van der Waals surface area contributed by atoms with Crippen LogP contribution in [0.25, 0.3) is 10.8 Å². The first-order chi connectivity index (χ1) is 7.91. The van der Waals surface area contributed by atoms with E-state index in [1.807, 2.05) is 37.2 Å². The van der Waals surface area contributed by atoms with Crippen LogP contribution in [0.2, 0.25) is 0 Å². The standard InChI is InChI=1S/C12H14N2O2S.2ClH/c1-14(2)11-7-3-6-10-9(11)5-4-8-12(10)17(13,15)16;;/h3-8H,1-2H3,(H2,13,15,16);2*1H. The lowest BCUT2D eigenvalue weighted by molar-refractivity contribution is 0.598. The SMILES string of the molecule is CN(C)c1cccc2c(S(N)(=O)=O)cccc12.Cl.Cl. The molecule has 2 rings (SSSR count). The van der Waals surface area contributed by atoms with Gasteiger partial charge < -0.3 is 4.90 Å². The summed E-state index contributed by atoms with van der Waals surface area (Å²) in [7, 11) is 0.140. The van der Waals surface area contributed by atoms with Crippen LogP contribution in [0.3, 0.4) is 0 Å². The molecular formula is C12H16Cl2N2O2S. The summed E-state index contributed by atoms with van der Waals surface area (Å²) in [6, 6.07) is 10.6. The fraction of sp³-hybridized carbons (Fsp3) is 0.167. The predicted molar refractivity (Wildman–Crippen MR) is 84.1 cm³/mol. The number of hydrogen-bond acceptors (Lipinski definition) is 3. The van der Waals surface area contributed by atoms with Gasteiger partial charge in [-0.3, -0.25) is 0 Å². The number of halogens is 2. The van der Waals surface area contributed by atoms with Crippen molar-refractivity contribution in [3.63, 3.8) is 0 Å². The molecule has 0 aliphatic rings. The topological polar surface area (TPSA) is 63.4 Å². The third-order valence-corrected chi connectivity index (χ3v) is 3.62. The van der Waals surface area contributed by atoms with Gasteiger partial charge >= 0.3 is 0 Å². The van der Waals surface area contributed by atoms with Gasteiger partial charge in [0.05, 0.1) is 4.90 Å². The summed E-state index contributed by atoms with van der Waals surface area (Å²) in [6.07, 6.45) is 0. The van der Waals surface area contributed by atoms with Crippen molar-refractivity contribution in [2.24, 2.45) is 5.14 Å². The maximum absolute atomic E-state index is 11.5. The smallest absolute Gasteiger partial charge is 0.238 e. The Bertz CT molecular complexity index is 672. The van der Waals surface area contributed by atoms with Crippen LogP contribution in [0.4, 0.5) is 5.69 Å². The first-order valence-electron chi connectivity index (χ1n) is 5.13. The third-order valence-electron chi connectivity index (χ3n) is 2.65. The lowest BCUT2D eigenvalue weighted by Crippen LogP contribution is -2.13. The normalized spacial score (nSPS) is 10.5. The van der Waals surface area contributed by atoms with Gasteiger partial charge in [-0.2, -0.15) is 0 Å². The van der Waals surface area contributed by atoms with Gasteiger partial charge in [-0.05, 0) is 12.1 Å². The predicted octanol–water partition coefficient (Wildman–Crippen LogP) is 2.40. The zero-order valence-electron chi connectivity index (χ0n) is 10.5. The summed E-state index contributed by atoms with van der Waals surface area (Å²) in [5.41, 5.74) is 0.966. The van der Waals surface area contributed by atoms with Crippen LogP contribution in [0.5, 0.6) is 0 Å². The molecule has 7 heteroatoms. The number of primary sulfonamides is 1. The highest BCUT2D eigenvalue weighted by Gasteiger charge is 2.13. The molecule has 0 spiro atoms. The molecule has 0 aromatic heterocycles. The molecule has 0 radical (unpaired) electrons. The highest BCUT2D eigenvalue weighted by molar-refractivity contribution is 7.89. The molecule has 0 heterocycles. The Hall–Kier alpha value is -1.01. The number of rotatable bonds is 2. The molecular weight excluding hydrogens is 307 g/mol. The minimum Gasteiger partial charge on any atom is -0.377 e. The molecule has 19 heavy (non-hydrogen) atoms. The van der Waals surface area contributed by atoms with Crippen molar-refractivity contribution in [1.29, 1.82) is 0 Å². The third kappa shape index (κ3) is 3.51. The molecule has 0 atom stereocenters. The Morgan fingerprint density at radius 2 is 1.47 bits per heavy atom. The number of nitrogens with two attached hydrogens (primary N) is 1. The maximum atomic E-state index is 11.5. The second kappa shape index (κ2) is 6.43. The van der Waals surface area contributed by atoms with E-state index in [9.17, 15) is 8.42 Å². The maximum Gasteiger partial charge on any atom is 0.238 e. The minimum absolute atomic E-state index is 0. The van der Waals surface area contributed by atoms with Crippen LogP contribution >= 0.6 is 24.8 Å². The summed E-state index contributed by atoms with van der Waals surface area (Å²) in [4.78, 5) is 2.11. The number of sulfonamides is 1. The Morgan fingerprint density at radius 3 is 2.00 bits per heavy atom. The van der Waals surface area contributed by atoms with Gasteiger partial charge in [0.2, 0.25) is 10.0 Å². The molecule has 2 N–H and O–H groups in total. The first kappa shape index (κ1) is 18.0. The van der Waals surface area contributed by atoms with E-state index in [0.29, 0.717) is 5.39 Å². The molecule has 0 saturated carbocycles. The highest BCUT2D eigenvalue weighted by Crippen LogP contribution is 2.29. The lowest BCUT2D eigenvalue weighted by Gasteiger charge is -2.16. The van der Waals surface area contributed by atoms with E-state index >= 15 is 0 Å². The van der Waals surface area contributed by atoms with Gasteiger partial charge in [-0.25, -0.2) is 13.6 Å². The van der Waals surface area contributed by atoms with Crippen LogP contribution in [0.15, 0.2) is 41.3 Å². The number of benzene rings is 2. The quantitative estimate of drug-likeness (QED) is 0.923. The van der Waals surface area contributed by atoms with Crippen LogP contribution < -0.4 is 10.0 Å². The van der Waals surface area contributed by atoms with Crippen LogP contribution in [0, 0.1) is 0 Å². The molecule has 106 valence electrons. The lowest BCUT2D eigenvalue weighted by atomic mass is 10.1. The van der Waals surface area contributed by atoms with E-state index in [2.05, 4.69) is 0 Å². The van der Waals surface area contributed by atoms with Crippen molar-refractivity contribution in [3.05, 3.63) is 36.4 Å². The van der Waals surface area contributed by atoms with Crippen LogP contribution in [0.1, 0.15) is 0 Å². The summed E-state index contributed by atoms with van der Waals surface area (Å²) >= 11 is 0. The van der Waals surface area contributed by atoms with E-state index in [-0.39, 0.29) is 29.7 Å². The molecule has 0 aliphatic carbocycles. The Kier molecular flexibility index (Phi) is 6.09. The number of anilines is 1. The number of fused-ring (bicyclic) bond motifs is 1. The van der Waals surface area contributed by atoms with Gasteiger partial charge in [-0.15, -0.1) is 24.8 Å². The molecule has 0 saturated heterocycles. The van der Waals surface area contributed by atoms with Gasteiger partial charge in [0.25, 0.3) is 0 Å². The van der Waals surface area contributed by atoms with Crippen molar-refractivity contribution < 1.29 is 8.42 Å². The van der Waals surface area contributed by atoms with E-state index in [1.165, 1.54) is 6.07 Å². The number of nitrogens with zero attached hydrogens (tertiary/aromatic N) is 1. The second-order valence-corrected chi connectivity index (χ2v) is 5.60. The van der Waals surface area contributed by atoms with Crippen LogP contribution in [-0.2, 0) is 10.0 Å². The fourth-order valence-corrected chi connectivity index (χ4v) is 2.66. The summed E-state index contributed by atoms with van der Waals surface area (Å²) in [6.45, 7) is 0. The zero-order chi connectivity index (χ0) is 12.6. The van der Waals surface area contributed by atoms with Crippen molar-refractivity contribution >= 4 is 51.3 Å². The summed E-state index contributed by atoms with van der Waals surface area (Å²) in [5, 5.41) is 6.74. The largest absolute Gasteiger partial charge is 0.377 e. The Labute approximate surface area is 125 Å².